The van der Waals surface area contributed by atoms with Crippen LogP contribution in [0.1, 0.15) is 0 Å². The van der Waals surface area contributed by atoms with Crippen molar-refractivity contribution >= 4 is 36.2 Å². The molecule has 0 aliphatic rings. The van der Waals surface area contributed by atoms with Crippen LogP contribution >= 0.6 is 12.6 Å². The van der Waals surface area contributed by atoms with Crippen LogP contribution in [0.4, 0.5) is 21.1 Å². The van der Waals surface area contributed by atoms with Crippen molar-refractivity contribution in [2.24, 2.45) is 23.2 Å². The second kappa shape index (κ2) is 4.86. The van der Waals surface area contributed by atoms with Crippen LogP contribution in [0.5, 0.6) is 0 Å². The molecular formula is C7H11N7O2S. The van der Waals surface area contributed by atoms with Crippen molar-refractivity contribution in [2.75, 3.05) is 10.0 Å². The SMILES string of the molecule is NC(=O)N(N)c1cc(S)nc(N(N)C(N)=O)c1. The average Bonchev–Trinajstić information content (AvgIpc) is 2.25. The van der Waals surface area contributed by atoms with Crippen LogP contribution in [0.3, 0.4) is 0 Å². The van der Waals surface area contributed by atoms with Crippen LogP contribution < -0.4 is 33.2 Å². The van der Waals surface area contributed by atoms with Crippen molar-refractivity contribution in [2.45, 2.75) is 5.03 Å². The van der Waals surface area contributed by atoms with Crippen LogP contribution in [-0.4, -0.2) is 17.0 Å². The number of aromatic nitrogens is 1. The third-order valence-electron chi connectivity index (χ3n) is 1.78. The predicted molar refractivity (Wildman–Crippen MR) is 64.0 cm³/mol. The first-order valence-corrected chi connectivity index (χ1v) is 4.67. The number of nitrogens with zero attached hydrogens (tertiary/aromatic N) is 3. The van der Waals surface area contributed by atoms with E-state index in [9.17, 15) is 9.59 Å². The molecule has 1 aromatic rings. The van der Waals surface area contributed by atoms with Crippen LogP contribution in [-0.2, 0) is 0 Å². The summed E-state index contributed by atoms with van der Waals surface area (Å²) in [6.07, 6.45) is 0. The Morgan fingerprint density at radius 2 is 1.65 bits per heavy atom. The zero-order chi connectivity index (χ0) is 13.2. The molecule has 1 heterocycles. The fourth-order valence-corrected chi connectivity index (χ4v) is 1.23. The van der Waals surface area contributed by atoms with Gasteiger partial charge in [-0.05, 0) is 6.07 Å². The van der Waals surface area contributed by atoms with Gasteiger partial charge in [0.1, 0.15) is 0 Å². The Hall–Kier alpha value is -2.04. The van der Waals surface area contributed by atoms with Gasteiger partial charge in [0.25, 0.3) is 0 Å². The lowest BCUT2D eigenvalue weighted by atomic mass is 10.3. The van der Waals surface area contributed by atoms with E-state index in [2.05, 4.69) is 17.6 Å². The lowest BCUT2D eigenvalue weighted by Gasteiger charge is -2.18. The molecule has 0 aromatic carbocycles. The number of rotatable bonds is 2. The van der Waals surface area contributed by atoms with E-state index in [1.165, 1.54) is 12.1 Å². The minimum Gasteiger partial charge on any atom is -0.350 e. The molecule has 0 saturated heterocycles. The summed E-state index contributed by atoms with van der Waals surface area (Å²) >= 11 is 3.97. The summed E-state index contributed by atoms with van der Waals surface area (Å²) in [6.45, 7) is 0. The van der Waals surface area contributed by atoms with Gasteiger partial charge in [-0.3, -0.25) is 0 Å². The van der Waals surface area contributed by atoms with Crippen molar-refractivity contribution in [3.05, 3.63) is 12.1 Å². The third-order valence-corrected chi connectivity index (χ3v) is 2.01. The molecule has 0 aliphatic carbocycles. The molecule has 0 fully saturated rings. The van der Waals surface area contributed by atoms with E-state index in [1.807, 2.05) is 0 Å². The minimum atomic E-state index is -0.926. The monoisotopic (exact) mass is 257 g/mol. The van der Waals surface area contributed by atoms with Crippen LogP contribution in [0.2, 0.25) is 0 Å². The fraction of sp³-hybridized carbons (Fsp3) is 0. The van der Waals surface area contributed by atoms with Gasteiger partial charge in [0.2, 0.25) is 0 Å². The van der Waals surface area contributed by atoms with E-state index in [-0.39, 0.29) is 16.5 Å². The highest BCUT2D eigenvalue weighted by Crippen LogP contribution is 2.21. The molecule has 8 N–H and O–H groups in total. The average molecular weight is 257 g/mol. The Balaban J connectivity index is 3.19. The van der Waals surface area contributed by atoms with E-state index in [1.54, 1.807) is 0 Å². The number of anilines is 2. The highest BCUT2D eigenvalue weighted by molar-refractivity contribution is 7.80. The zero-order valence-corrected chi connectivity index (χ0v) is 9.46. The molecule has 0 spiro atoms. The van der Waals surface area contributed by atoms with Gasteiger partial charge in [0, 0.05) is 6.07 Å². The van der Waals surface area contributed by atoms with Gasteiger partial charge in [-0.2, -0.15) is 0 Å². The number of thiol groups is 1. The maximum atomic E-state index is 10.9. The maximum absolute atomic E-state index is 10.9. The van der Waals surface area contributed by atoms with Crippen molar-refractivity contribution in [3.8, 4) is 0 Å². The highest BCUT2D eigenvalue weighted by Gasteiger charge is 2.14. The smallest absolute Gasteiger partial charge is 0.335 e. The number of amides is 4. The first-order valence-electron chi connectivity index (χ1n) is 4.22. The summed E-state index contributed by atoms with van der Waals surface area (Å²) in [5.74, 6) is 10.7. The molecule has 17 heavy (non-hydrogen) atoms. The number of hydrazine groups is 2. The molecule has 0 saturated carbocycles. The van der Waals surface area contributed by atoms with Crippen LogP contribution in [0.15, 0.2) is 17.2 Å². The van der Waals surface area contributed by atoms with Crippen LogP contribution in [0.25, 0.3) is 0 Å². The Bertz CT molecular complexity index is 427. The first kappa shape index (κ1) is 13.0. The minimum absolute atomic E-state index is 0.0169. The lowest BCUT2D eigenvalue weighted by Crippen LogP contribution is -2.43. The second-order valence-electron chi connectivity index (χ2n) is 2.96. The van der Waals surface area contributed by atoms with Crippen LogP contribution in [0, 0.1) is 0 Å². The van der Waals surface area contributed by atoms with Gasteiger partial charge >= 0.3 is 12.1 Å². The van der Waals surface area contributed by atoms with Gasteiger partial charge in [-0.15, -0.1) is 12.6 Å². The standard InChI is InChI=1S/C7H11N7O2S/c8-6(15)13(10)3-1-4(12-5(17)2-3)14(11)7(9)16/h1-2H,10-11H2,(H2,8,15)(H2,9,16)(H,12,17). The Labute approximate surface area is 102 Å². The Morgan fingerprint density at radius 1 is 1.12 bits per heavy atom. The first-order chi connectivity index (χ1) is 7.82. The summed E-state index contributed by atoms with van der Waals surface area (Å²) in [5.41, 5.74) is 10.1. The van der Waals surface area contributed by atoms with Crippen molar-refractivity contribution in [1.29, 1.82) is 0 Å². The molecule has 1 aromatic heterocycles. The number of primary amides is 2. The molecule has 10 heteroatoms. The highest BCUT2D eigenvalue weighted by atomic mass is 32.1. The molecule has 9 nitrogen and oxygen atoms in total. The molecule has 0 aliphatic heterocycles. The Morgan fingerprint density at radius 3 is 2.12 bits per heavy atom. The predicted octanol–water partition coefficient (Wildman–Crippen LogP) is -1.11. The fourth-order valence-electron chi connectivity index (χ4n) is 0.991. The number of pyridine rings is 1. The van der Waals surface area contributed by atoms with Crippen molar-refractivity contribution < 1.29 is 9.59 Å². The number of nitrogens with two attached hydrogens (primary N) is 4. The van der Waals surface area contributed by atoms with Gasteiger partial charge in [0.05, 0.1) is 10.7 Å². The summed E-state index contributed by atoms with van der Waals surface area (Å²) < 4.78 is 0. The van der Waals surface area contributed by atoms with Gasteiger partial charge in [-0.25, -0.2) is 36.3 Å². The number of hydrogen-bond donors (Lipinski definition) is 5. The molecule has 0 bridgehead atoms. The molecule has 92 valence electrons. The van der Waals surface area contributed by atoms with Gasteiger partial charge < -0.3 is 11.5 Å². The maximum Gasteiger partial charge on any atom is 0.335 e. The summed E-state index contributed by atoms with van der Waals surface area (Å²) in [6, 6.07) is 0.809. The second-order valence-corrected chi connectivity index (χ2v) is 3.42. The topological polar surface area (TPSA) is 158 Å². The number of urea groups is 2. The summed E-state index contributed by atoms with van der Waals surface area (Å²) in [5, 5.41) is 1.42. The van der Waals surface area contributed by atoms with Crippen molar-refractivity contribution in [3.63, 3.8) is 0 Å². The quantitative estimate of drug-likeness (QED) is 0.196. The zero-order valence-electron chi connectivity index (χ0n) is 8.57. The molecule has 4 amide bonds. The molecule has 0 atom stereocenters. The Kier molecular flexibility index (Phi) is 3.73. The van der Waals surface area contributed by atoms with E-state index in [4.69, 9.17) is 23.2 Å². The van der Waals surface area contributed by atoms with E-state index >= 15 is 0 Å². The van der Waals surface area contributed by atoms with E-state index in [0.29, 0.717) is 10.0 Å². The summed E-state index contributed by atoms with van der Waals surface area (Å²) in [7, 11) is 0. The molecule has 0 unspecified atom stereocenters. The van der Waals surface area contributed by atoms with Gasteiger partial charge in [0.15, 0.2) is 5.82 Å². The largest absolute Gasteiger partial charge is 0.350 e. The summed E-state index contributed by atoms with van der Waals surface area (Å²) in [4.78, 5) is 25.5. The van der Waals surface area contributed by atoms with Crippen molar-refractivity contribution in [1.82, 2.24) is 4.98 Å². The molecule has 0 radical (unpaired) electrons. The van der Waals surface area contributed by atoms with Gasteiger partial charge in [-0.1, -0.05) is 0 Å². The number of carbonyl (C=O) groups is 2. The number of hydrogen-bond acceptors (Lipinski definition) is 6. The lowest BCUT2D eigenvalue weighted by molar-refractivity contribution is 0.253. The number of carbonyl (C=O) groups excluding carboxylic acids is 2. The van der Waals surface area contributed by atoms with E-state index in [0.717, 1.165) is 0 Å². The third kappa shape index (κ3) is 2.96. The van der Waals surface area contributed by atoms with E-state index < -0.39 is 12.1 Å². The molecular weight excluding hydrogens is 246 g/mol. The molecule has 1 rings (SSSR count). The normalized spacial score (nSPS) is 9.82.